The van der Waals surface area contributed by atoms with Crippen LogP contribution >= 0.6 is 11.8 Å². The maximum absolute atomic E-state index is 11.2. The standard InChI is InChI=1S/C22H22N4OS/c1-15-7-5-9-17(13-15)26-21(19-14-23-20-11-4-3-10-18(19)20)24-25-22(26)28-12-6-8-16(2)27/h3-5,7,9-11,13-14,23H,6,8,12H2,1-2H3. The monoisotopic (exact) mass is 390 g/mol. The van der Waals surface area contributed by atoms with Gasteiger partial charge in [0.05, 0.1) is 0 Å². The topological polar surface area (TPSA) is 63.6 Å². The van der Waals surface area contributed by atoms with Crippen LogP contribution in [0.4, 0.5) is 0 Å². The highest BCUT2D eigenvalue weighted by Crippen LogP contribution is 2.32. The van der Waals surface area contributed by atoms with E-state index >= 15 is 0 Å². The third-order valence-electron chi connectivity index (χ3n) is 4.63. The highest BCUT2D eigenvalue weighted by Gasteiger charge is 2.18. The summed E-state index contributed by atoms with van der Waals surface area (Å²) < 4.78 is 2.11. The molecule has 2 aromatic heterocycles. The molecular weight excluding hydrogens is 368 g/mol. The molecule has 1 N–H and O–H groups in total. The van der Waals surface area contributed by atoms with Gasteiger partial charge in [-0.25, -0.2) is 0 Å². The first-order valence-corrected chi connectivity index (χ1v) is 10.3. The van der Waals surface area contributed by atoms with Gasteiger partial charge in [-0.05, 0) is 44.0 Å². The summed E-state index contributed by atoms with van der Waals surface area (Å²) in [4.78, 5) is 14.5. The van der Waals surface area contributed by atoms with E-state index in [-0.39, 0.29) is 5.78 Å². The van der Waals surface area contributed by atoms with Crippen molar-refractivity contribution in [3.05, 3.63) is 60.3 Å². The van der Waals surface area contributed by atoms with Gasteiger partial charge < -0.3 is 9.78 Å². The Bertz CT molecular complexity index is 1130. The number of aryl methyl sites for hydroxylation is 1. The number of H-pyrrole nitrogens is 1. The van der Waals surface area contributed by atoms with Crippen LogP contribution in [0.15, 0.2) is 59.9 Å². The molecule has 0 spiro atoms. The fourth-order valence-corrected chi connectivity index (χ4v) is 4.17. The lowest BCUT2D eigenvalue weighted by Crippen LogP contribution is -2.00. The molecule has 2 heterocycles. The van der Waals surface area contributed by atoms with Crippen molar-refractivity contribution in [3.8, 4) is 17.1 Å². The molecule has 5 nitrogen and oxygen atoms in total. The van der Waals surface area contributed by atoms with E-state index in [2.05, 4.69) is 57.0 Å². The molecule has 2 aromatic carbocycles. The van der Waals surface area contributed by atoms with Gasteiger partial charge in [-0.1, -0.05) is 42.1 Å². The first kappa shape index (κ1) is 18.5. The van der Waals surface area contributed by atoms with Crippen molar-refractivity contribution in [3.63, 3.8) is 0 Å². The number of Topliss-reactive ketones (excluding diaryl/α,β-unsaturated/α-hetero) is 1. The maximum Gasteiger partial charge on any atom is 0.196 e. The second kappa shape index (κ2) is 8.02. The largest absolute Gasteiger partial charge is 0.360 e. The van der Waals surface area contributed by atoms with E-state index < -0.39 is 0 Å². The van der Waals surface area contributed by atoms with E-state index in [0.29, 0.717) is 6.42 Å². The van der Waals surface area contributed by atoms with Crippen LogP contribution in [0.2, 0.25) is 0 Å². The third-order valence-corrected chi connectivity index (χ3v) is 5.64. The van der Waals surface area contributed by atoms with Crippen LogP contribution < -0.4 is 0 Å². The molecule has 6 heteroatoms. The number of carbonyl (C=O) groups is 1. The summed E-state index contributed by atoms with van der Waals surface area (Å²) in [5, 5.41) is 11.0. The Balaban J connectivity index is 1.77. The number of carbonyl (C=O) groups excluding carboxylic acids is 1. The Labute approximate surface area is 168 Å². The highest BCUT2D eigenvalue weighted by molar-refractivity contribution is 7.99. The first-order valence-electron chi connectivity index (χ1n) is 9.34. The highest BCUT2D eigenvalue weighted by atomic mass is 32.2. The summed E-state index contributed by atoms with van der Waals surface area (Å²) in [7, 11) is 0. The lowest BCUT2D eigenvalue weighted by molar-refractivity contribution is -0.117. The third kappa shape index (κ3) is 3.73. The zero-order valence-electron chi connectivity index (χ0n) is 16.0. The number of nitrogens with one attached hydrogen (secondary N) is 1. The Morgan fingerprint density at radius 3 is 2.82 bits per heavy atom. The van der Waals surface area contributed by atoms with Crippen molar-refractivity contribution in [2.45, 2.75) is 31.8 Å². The number of aromatic nitrogens is 4. The van der Waals surface area contributed by atoms with Crippen molar-refractivity contribution in [1.29, 1.82) is 0 Å². The molecule has 0 saturated heterocycles. The molecule has 142 valence electrons. The molecule has 0 amide bonds. The van der Waals surface area contributed by atoms with Gasteiger partial charge in [-0.3, -0.25) is 4.57 Å². The van der Waals surface area contributed by atoms with Gasteiger partial charge in [0.25, 0.3) is 0 Å². The van der Waals surface area contributed by atoms with E-state index in [1.807, 2.05) is 24.4 Å². The van der Waals surface area contributed by atoms with Crippen molar-refractivity contribution in [1.82, 2.24) is 19.7 Å². The van der Waals surface area contributed by atoms with Crippen LogP contribution in [-0.2, 0) is 4.79 Å². The Hall–Kier alpha value is -2.86. The number of para-hydroxylation sites is 1. The zero-order chi connectivity index (χ0) is 19.5. The molecule has 0 bridgehead atoms. The van der Waals surface area contributed by atoms with E-state index in [1.165, 1.54) is 5.56 Å². The minimum absolute atomic E-state index is 0.222. The van der Waals surface area contributed by atoms with Crippen LogP contribution in [0, 0.1) is 6.92 Å². The molecular formula is C22H22N4OS. The van der Waals surface area contributed by atoms with Crippen molar-refractivity contribution < 1.29 is 4.79 Å². The normalized spacial score (nSPS) is 11.2. The zero-order valence-corrected chi connectivity index (χ0v) is 16.8. The number of thioether (sulfide) groups is 1. The lowest BCUT2D eigenvalue weighted by Gasteiger charge is -2.10. The molecule has 0 atom stereocenters. The number of aromatic amines is 1. The van der Waals surface area contributed by atoms with Crippen molar-refractivity contribution in [2.75, 3.05) is 5.75 Å². The molecule has 4 rings (SSSR count). The molecule has 0 aliphatic carbocycles. The van der Waals surface area contributed by atoms with Crippen LogP contribution in [0.3, 0.4) is 0 Å². The molecule has 0 radical (unpaired) electrons. The molecule has 28 heavy (non-hydrogen) atoms. The van der Waals surface area contributed by atoms with E-state index in [4.69, 9.17) is 0 Å². The lowest BCUT2D eigenvalue weighted by atomic mass is 10.1. The second-order valence-electron chi connectivity index (χ2n) is 6.88. The fraction of sp³-hybridized carbons (Fsp3) is 0.227. The number of ketones is 1. The molecule has 0 saturated carbocycles. The number of hydrogen-bond acceptors (Lipinski definition) is 4. The second-order valence-corrected chi connectivity index (χ2v) is 7.94. The van der Waals surface area contributed by atoms with Gasteiger partial charge in [0.15, 0.2) is 11.0 Å². The summed E-state index contributed by atoms with van der Waals surface area (Å²) in [6, 6.07) is 16.6. The van der Waals surface area contributed by atoms with Gasteiger partial charge in [0.2, 0.25) is 0 Å². The predicted octanol–water partition coefficient (Wildman–Crippen LogP) is 5.19. The van der Waals surface area contributed by atoms with E-state index in [0.717, 1.165) is 45.3 Å². The van der Waals surface area contributed by atoms with Gasteiger partial charge in [-0.2, -0.15) is 0 Å². The molecule has 0 aliphatic heterocycles. The maximum atomic E-state index is 11.2. The average Bonchev–Trinajstić information content (AvgIpc) is 3.29. The summed E-state index contributed by atoms with van der Waals surface area (Å²) in [5.41, 5.74) is 4.33. The Kier molecular flexibility index (Phi) is 5.30. The average molecular weight is 391 g/mol. The number of fused-ring (bicyclic) bond motifs is 1. The Morgan fingerprint density at radius 2 is 2.00 bits per heavy atom. The predicted molar refractivity (Wildman–Crippen MR) is 114 cm³/mol. The van der Waals surface area contributed by atoms with Crippen molar-refractivity contribution in [2.24, 2.45) is 0 Å². The molecule has 0 unspecified atom stereocenters. The smallest absolute Gasteiger partial charge is 0.196 e. The number of rotatable bonds is 7. The fourth-order valence-electron chi connectivity index (χ4n) is 3.28. The summed E-state index contributed by atoms with van der Waals surface area (Å²) in [5.74, 6) is 1.87. The van der Waals surface area contributed by atoms with Crippen LogP contribution in [0.5, 0.6) is 0 Å². The minimum atomic E-state index is 0.222. The van der Waals surface area contributed by atoms with E-state index in [1.54, 1.807) is 18.7 Å². The molecule has 4 aromatic rings. The van der Waals surface area contributed by atoms with E-state index in [9.17, 15) is 4.79 Å². The van der Waals surface area contributed by atoms with Crippen LogP contribution in [-0.4, -0.2) is 31.3 Å². The quantitative estimate of drug-likeness (QED) is 0.349. The number of nitrogens with zero attached hydrogens (tertiary/aromatic N) is 3. The minimum Gasteiger partial charge on any atom is -0.360 e. The van der Waals surface area contributed by atoms with Gasteiger partial charge in [0, 0.05) is 40.5 Å². The van der Waals surface area contributed by atoms with Gasteiger partial charge >= 0.3 is 0 Å². The van der Waals surface area contributed by atoms with Crippen LogP contribution in [0.25, 0.3) is 28.0 Å². The van der Waals surface area contributed by atoms with Gasteiger partial charge in [0.1, 0.15) is 5.78 Å². The van der Waals surface area contributed by atoms with Crippen molar-refractivity contribution >= 4 is 28.4 Å². The molecule has 0 fully saturated rings. The van der Waals surface area contributed by atoms with Gasteiger partial charge in [-0.15, -0.1) is 10.2 Å². The Morgan fingerprint density at radius 1 is 1.14 bits per heavy atom. The summed E-state index contributed by atoms with van der Waals surface area (Å²) >= 11 is 1.64. The summed E-state index contributed by atoms with van der Waals surface area (Å²) in [6.07, 6.45) is 3.43. The van der Waals surface area contributed by atoms with Crippen LogP contribution in [0.1, 0.15) is 25.3 Å². The number of hydrogen-bond donors (Lipinski definition) is 1. The number of benzene rings is 2. The first-order chi connectivity index (χ1) is 13.6. The summed E-state index contributed by atoms with van der Waals surface area (Å²) in [6.45, 7) is 3.72. The molecule has 0 aliphatic rings. The SMILES string of the molecule is CC(=O)CCCSc1nnc(-c2c[nH]c3ccccc23)n1-c1cccc(C)c1.